The van der Waals surface area contributed by atoms with Gasteiger partial charge in [-0.3, -0.25) is 9.59 Å². The molecule has 2 amide bonds. The molecule has 0 bridgehead atoms. The molecule has 3 N–H and O–H groups in total. The number of carbonyl (C=O) groups excluding carboxylic acids is 2. The van der Waals surface area contributed by atoms with Crippen molar-refractivity contribution >= 4 is 29.5 Å². The third kappa shape index (κ3) is 7.05. The standard InChI is InChI=1S/C12H22N2O4S/c1-7(2)10(13-8(3)15)11(16)14-9(12(17)18)5-6-19-4/h7,9-10H,5-6H2,1-4H3,(H,13,15)(H,14,16)(H,17,18). The number of carbonyl (C=O) groups is 3. The van der Waals surface area contributed by atoms with Gasteiger partial charge in [-0.05, 0) is 24.3 Å². The predicted molar refractivity (Wildman–Crippen MR) is 75.0 cm³/mol. The average molecular weight is 290 g/mol. The summed E-state index contributed by atoms with van der Waals surface area (Å²) in [6, 6.07) is -1.64. The van der Waals surface area contributed by atoms with Gasteiger partial charge in [-0.25, -0.2) is 4.79 Å². The van der Waals surface area contributed by atoms with E-state index in [9.17, 15) is 14.4 Å². The Bertz CT molecular complexity index is 334. The highest BCUT2D eigenvalue weighted by molar-refractivity contribution is 7.98. The maximum absolute atomic E-state index is 12.0. The largest absolute Gasteiger partial charge is 0.480 e. The third-order valence-electron chi connectivity index (χ3n) is 2.53. The van der Waals surface area contributed by atoms with E-state index in [0.29, 0.717) is 12.2 Å². The van der Waals surface area contributed by atoms with Gasteiger partial charge in [0, 0.05) is 6.92 Å². The zero-order valence-corrected chi connectivity index (χ0v) is 12.5. The molecular formula is C12H22N2O4S. The van der Waals surface area contributed by atoms with Gasteiger partial charge in [0.15, 0.2) is 0 Å². The van der Waals surface area contributed by atoms with Crippen molar-refractivity contribution in [1.29, 1.82) is 0 Å². The molecule has 0 heterocycles. The number of amides is 2. The quantitative estimate of drug-likeness (QED) is 0.604. The molecule has 0 saturated carbocycles. The molecule has 0 fully saturated rings. The smallest absolute Gasteiger partial charge is 0.326 e. The van der Waals surface area contributed by atoms with Crippen LogP contribution in [0.1, 0.15) is 27.2 Å². The van der Waals surface area contributed by atoms with E-state index in [1.807, 2.05) is 6.26 Å². The molecule has 0 aromatic carbocycles. The monoisotopic (exact) mass is 290 g/mol. The summed E-state index contributed by atoms with van der Waals surface area (Å²) in [4.78, 5) is 34.1. The molecule has 0 aromatic heterocycles. The van der Waals surface area contributed by atoms with Crippen LogP contribution in [-0.4, -0.2) is 47.0 Å². The minimum atomic E-state index is -1.06. The van der Waals surface area contributed by atoms with E-state index in [-0.39, 0.29) is 11.8 Å². The fourth-order valence-electron chi connectivity index (χ4n) is 1.51. The number of carboxylic acids is 1. The van der Waals surface area contributed by atoms with Crippen LogP contribution in [0, 0.1) is 5.92 Å². The molecule has 0 saturated heterocycles. The van der Waals surface area contributed by atoms with Gasteiger partial charge in [0.1, 0.15) is 12.1 Å². The average Bonchev–Trinajstić information content (AvgIpc) is 2.30. The summed E-state index contributed by atoms with van der Waals surface area (Å²) in [6.07, 6.45) is 2.22. The number of rotatable bonds is 8. The first-order valence-electron chi connectivity index (χ1n) is 6.08. The molecule has 0 rings (SSSR count). The Labute approximate surface area is 117 Å². The number of aliphatic carboxylic acids is 1. The number of hydrogen-bond acceptors (Lipinski definition) is 4. The van der Waals surface area contributed by atoms with Crippen molar-refractivity contribution < 1.29 is 19.5 Å². The van der Waals surface area contributed by atoms with Crippen LogP contribution >= 0.6 is 11.8 Å². The Balaban J connectivity index is 4.65. The second-order valence-electron chi connectivity index (χ2n) is 4.60. The van der Waals surface area contributed by atoms with Crippen LogP contribution in [0.2, 0.25) is 0 Å². The van der Waals surface area contributed by atoms with E-state index < -0.39 is 24.0 Å². The highest BCUT2D eigenvalue weighted by atomic mass is 32.2. The van der Waals surface area contributed by atoms with Crippen LogP contribution < -0.4 is 10.6 Å². The van der Waals surface area contributed by atoms with Crippen molar-refractivity contribution in [1.82, 2.24) is 10.6 Å². The van der Waals surface area contributed by atoms with Crippen LogP contribution in [-0.2, 0) is 14.4 Å². The van der Waals surface area contributed by atoms with E-state index in [1.54, 1.807) is 13.8 Å². The molecule has 19 heavy (non-hydrogen) atoms. The minimum Gasteiger partial charge on any atom is -0.480 e. The molecule has 2 atom stereocenters. The van der Waals surface area contributed by atoms with Crippen LogP contribution in [0.15, 0.2) is 0 Å². The number of hydrogen-bond donors (Lipinski definition) is 3. The van der Waals surface area contributed by atoms with Gasteiger partial charge in [0.25, 0.3) is 0 Å². The van der Waals surface area contributed by atoms with Crippen molar-refractivity contribution in [3.63, 3.8) is 0 Å². The highest BCUT2D eigenvalue weighted by Gasteiger charge is 2.27. The van der Waals surface area contributed by atoms with Gasteiger partial charge in [0.05, 0.1) is 0 Å². The van der Waals surface area contributed by atoms with E-state index in [2.05, 4.69) is 10.6 Å². The Kier molecular flexibility index (Phi) is 8.22. The van der Waals surface area contributed by atoms with Crippen molar-refractivity contribution in [2.45, 2.75) is 39.3 Å². The van der Waals surface area contributed by atoms with Crippen molar-refractivity contribution in [3.8, 4) is 0 Å². The Morgan fingerprint density at radius 3 is 2.16 bits per heavy atom. The maximum atomic E-state index is 12.0. The van der Waals surface area contributed by atoms with E-state index in [4.69, 9.17) is 5.11 Å². The summed E-state index contributed by atoms with van der Waals surface area (Å²) in [5.41, 5.74) is 0. The Hall–Kier alpha value is -1.24. The zero-order chi connectivity index (χ0) is 15.0. The summed E-state index contributed by atoms with van der Waals surface area (Å²) < 4.78 is 0. The lowest BCUT2D eigenvalue weighted by atomic mass is 10.0. The molecule has 110 valence electrons. The fraction of sp³-hybridized carbons (Fsp3) is 0.750. The summed E-state index contributed by atoms with van der Waals surface area (Å²) in [6.45, 7) is 4.90. The van der Waals surface area contributed by atoms with Crippen LogP contribution in [0.25, 0.3) is 0 Å². The number of nitrogens with one attached hydrogen (secondary N) is 2. The van der Waals surface area contributed by atoms with Crippen LogP contribution in [0.3, 0.4) is 0 Å². The molecule has 0 spiro atoms. The predicted octanol–water partition coefficient (Wildman–Crippen LogP) is 0.470. The van der Waals surface area contributed by atoms with Gasteiger partial charge in [-0.15, -0.1) is 0 Å². The summed E-state index contributed by atoms with van der Waals surface area (Å²) in [7, 11) is 0. The van der Waals surface area contributed by atoms with Crippen LogP contribution in [0.5, 0.6) is 0 Å². The van der Waals surface area contributed by atoms with Crippen molar-refractivity contribution in [2.75, 3.05) is 12.0 Å². The fourth-order valence-corrected chi connectivity index (χ4v) is 1.98. The molecule has 0 aliphatic carbocycles. The van der Waals surface area contributed by atoms with Gasteiger partial charge < -0.3 is 15.7 Å². The van der Waals surface area contributed by atoms with E-state index in [1.165, 1.54) is 18.7 Å². The van der Waals surface area contributed by atoms with E-state index >= 15 is 0 Å². The molecule has 2 unspecified atom stereocenters. The zero-order valence-electron chi connectivity index (χ0n) is 11.7. The summed E-state index contributed by atoms with van der Waals surface area (Å²) >= 11 is 1.52. The first-order valence-corrected chi connectivity index (χ1v) is 7.48. The molecular weight excluding hydrogens is 268 g/mol. The van der Waals surface area contributed by atoms with Gasteiger partial charge in [-0.1, -0.05) is 13.8 Å². The lowest BCUT2D eigenvalue weighted by Crippen LogP contribution is -2.53. The van der Waals surface area contributed by atoms with Crippen molar-refractivity contribution in [3.05, 3.63) is 0 Å². The highest BCUT2D eigenvalue weighted by Crippen LogP contribution is 2.05. The van der Waals surface area contributed by atoms with E-state index in [0.717, 1.165) is 0 Å². The van der Waals surface area contributed by atoms with Gasteiger partial charge in [0.2, 0.25) is 11.8 Å². The molecule has 0 aromatic rings. The Morgan fingerprint density at radius 2 is 1.79 bits per heavy atom. The lowest BCUT2D eigenvalue weighted by molar-refractivity contribution is -0.142. The van der Waals surface area contributed by atoms with Crippen LogP contribution in [0.4, 0.5) is 0 Å². The topological polar surface area (TPSA) is 95.5 Å². The minimum absolute atomic E-state index is 0.112. The maximum Gasteiger partial charge on any atom is 0.326 e. The van der Waals surface area contributed by atoms with Gasteiger partial charge in [-0.2, -0.15) is 11.8 Å². The molecule has 7 heteroatoms. The summed E-state index contributed by atoms with van der Waals surface area (Å²) in [5, 5.41) is 14.0. The number of carboxylic acid groups (broad SMARTS) is 1. The summed E-state index contributed by atoms with van der Waals surface area (Å²) in [5.74, 6) is -1.31. The molecule has 0 aliphatic heterocycles. The third-order valence-corrected chi connectivity index (χ3v) is 3.18. The second kappa shape index (κ2) is 8.79. The first-order chi connectivity index (χ1) is 8.79. The van der Waals surface area contributed by atoms with Crippen molar-refractivity contribution in [2.24, 2.45) is 5.92 Å². The molecule has 0 aliphatic rings. The SMILES string of the molecule is CSCCC(NC(=O)C(NC(C)=O)C(C)C)C(=O)O. The lowest BCUT2D eigenvalue weighted by Gasteiger charge is -2.23. The number of thioether (sulfide) groups is 1. The normalized spacial score (nSPS) is 13.7. The molecule has 0 radical (unpaired) electrons. The first kappa shape index (κ1) is 17.8. The Morgan fingerprint density at radius 1 is 1.21 bits per heavy atom. The van der Waals surface area contributed by atoms with Gasteiger partial charge >= 0.3 is 5.97 Å². The second-order valence-corrected chi connectivity index (χ2v) is 5.59. The molecule has 6 nitrogen and oxygen atoms in total.